The largest absolute Gasteiger partial charge is 0.481 e. The summed E-state index contributed by atoms with van der Waals surface area (Å²) >= 11 is 0. The molecule has 0 aliphatic rings. The van der Waals surface area contributed by atoms with Gasteiger partial charge in [0.2, 0.25) is 0 Å². The lowest BCUT2D eigenvalue weighted by Crippen LogP contribution is -2.21. The molecule has 0 radical (unpaired) electrons. The normalized spacial score (nSPS) is 13.8. The minimum Gasteiger partial charge on any atom is -0.481 e. The number of nitrogens with one attached hydrogen (secondary N) is 1. The summed E-state index contributed by atoms with van der Waals surface area (Å²) in [6.07, 6.45) is 1.62. The van der Waals surface area contributed by atoms with Crippen LogP contribution in [-0.2, 0) is 30.3 Å². The molecule has 2 rings (SSSR count). The fraction of sp³-hybridized carbons (Fsp3) is 0.500. The summed E-state index contributed by atoms with van der Waals surface area (Å²) in [6, 6.07) is 7.55. The van der Waals surface area contributed by atoms with Crippen LogP contribution in [0.4, 0.5) is 0 Å². The number of aliphatic hydroxyl groups is 1. The van der Waals surface area contributed by atoms with Crippen molar-refractivity contribution in [2.24, 2.45) is 11.8 Å². The molecule has 10 heteroatoms. The maximum atomic E-state index is 12.2. The molecule has 0 aliphatic carbocycles. The number of fused-ring (bicyclic) bond motifs is 1. The topological polar surface area (TPSA) is 174 Å². The van der Waals surface area contributed by atoms with Crippen molar-refractivity contribution < 1.29 is 44.3 Å². The number of rotatable bonds is 16. The number of hydrogen-bond acceptors (Lipinski definition) is 6. The Balaban J connectivity index is 1.73. The van der Waals surface area contributed by atoms with Crippen LogP contribution in [0.2, 0.25) is 0 Å². The van der Waals surface area contributed by atoms with Crippen molar-refractivity contribution in [3.8, 4) is 0 Å². The number of aromatic nitrogens is 1. The lowest BCUT2D eigenvalue weighted by molar-refractivity contribution is -0.147. The second-order valence-corrected chi connectivity index (χ2v) is 8.33. The van der Waals surface area contributed by atoms with E-state index in [1.807, 2.05) is 24.3 Å². The third-order valence-electron chi connectivity index (χ3n) is 5.86. The minimum atomic E-state index is -1.52. The van der Waals surface area contributed by atoms with E-state index in [4.69, 9.17) is 9.84 Å². The first-order valence-corrected chi connectivity index (χ1v) is 11.3. The molecule has 0 saturated carbocycles. The highest BCUT2D eigenvalue weighted by Gasteiger charge is 2.22. The van der Waals surface area contributed by atoms with Gasteiger partial charge in [0, 0.05) is 17.1 Å². The molecule has 2 aromatic rings. The lowest BCUT2D eigenvalue weighted by atomic mass is 9.91. The van der Waals surface area contributed by atoms with E-state index in [0.717, 1.165) is 16.5 Å². The number of carboxylic acids is 3. The first-order valence-electron chi connectivity index (χ1n) is 11.3. The van der Waals surface area contributed by atoms with Crippen molar-refractivity contribution in [3.05, 3.63) is 36.0 Å². The number of ether oxygens (including phenoxy) is 1. The molecule has 3 atom stereocenters. The number of carbonyl (C=O) groups is 4. The van der Waals surface area contributed by atoms with Crippen molar-refractivity contribution in [2.45, 2.75) is 57.5 Å². The van der Waals surface area contributed by atoms with Gasteiger partial charge >= 0.3 is 23.9 Å². The van der Waals surface area contributed by atoms with Gasteiger partial charge in [-0.3, -0.25) is 14.4 Å². The molecule has 0 fully saturated rings. The maximum Gasteiger partial charge on any atom is 0.332 e. The molecule has 10 nitrogen and oxygen atoms in total. The molecule has 186 valence electrons. The molecule has 1 aromatic carbocycles. The van der Waals surface area contributed by atoms with Gasteiger partial charge < -0.3 is 30.1 Å². The van der Waals surface area contributed by atoms with Crippen LogP contribution in [0.5, 0.6) is 0 Å². The van der Waals surface area contributed by atoms with Crippen LogP contribution in [0.15, 0.2) is 30.5 Å². The van der Waals surface area contributed by atoms with E-state index in [1.54, 1.807) is 6.20 Å². The summed E-state index contributed by atoms with van der Waals surface area (Å²) < 4.78 is 5.22. The Morgan fingerprint density at radius 2 is 1.41 bits per heavy atom. The highest BCUT2D eigenvalue weighted by atomic mass is 16.5. The Bertz CT molecular complexity index is 984. The number of H-pyrrole nitrogens is 1. The van der Waals surface area contributed by atoms with Crippen LogP contribution in [0.1, 0.15) is 50.5 Å². The molecule has 1 aromatic heterocycles. The molecular weight excluding hydrogens is 446 g/mol. The van der Waals surface area contributed by atoms with Crippen LogP contribution >= 0.6 is 0 Å². The molecule has 0 amide bonds. The van der Waals surface area contributed by atoms with Gasteiger partial charge in [0.1, 0.15) is 0 Å². The molecule has 0 spiro atoms. The fourth-order valence-electron chi connectivity index (χ4n) is 3.87. The second-order valence-electron chi connectivity index (χ2n) is 8.33. The van der Waals surface area contributed by atoms with E-state index in [2.05, 4.69) is 4.98 Å². The SMILES string of the molecule is O=C(Cc1c[nH]c2ccccc12)OCCC(CCCC(CCC[C@H](O)C(=O)O)C(=O)O)C(=O)O. The highest BCUT2D eigenvalue weighted by Crippen LogP contribution is 2.22. The highest BCUT2D eigenvalue weighted by molar-refractivity contribution is 5.87. The number of aliphatic carboxylic acids is 3. The van der Waals surface area contributed by atoms with E-state index in [1.165, 1.54) is 0 Å². The number of aliphatic hydroxyl groups excluding tert-OH is 1. The number of hydrogen-bond donors (Lipinski definition) is 5. The Kier molecular flexibility index (Phi) is 10.5. The van der Waals surface area contributed by atoms with Gasteiger partial charge in [-0.1, -0.05) is 24.6 Å². The third-order valence-corrected chi connectivity index (χ3v) is 5.86. The molecule has 0 aliphatic heterocycles. The molecule has 2 unspecified atom stereocenters. The summed E-state index contributed by atoms with van der Waals surface area (Å²) in [4.78, 5) is 48.9. The Hall–Kier alpha value is -3.40. The Labute approximate surface area is 196 Å². The van der Waals surface area contributed by atoms with Crippen LogP contribution in [0.3, 0.4) is 0 Å². The average molecular weight is 478 g/mol. The third kappa shape index (κ3) is 8.51. The summed E-state index contributed by atoms with van der Waals surface area (Å²) in [5.41, 5.74) is 1.71. The zero-order valence-corrected chi connectivity index (χ0v) is 18.8. The molecule has 0 saturated heterocycles. The average Bonchev–Trinajstić information content (AvgIpc) is 3.19. The maximum absolute atomic E-state index is 12.2. The monoisotopic (exact) mass is 477 g/mol. The van der Waals surface area contributed by atoms with E-state index in [-0.39, 0.29) is 51.6 Å². The molecular formula is C24H31NO9. The van der Waals surface area contributed by atoms with Crippen LogP contribution < -0.4 is 0 Å². The molecule has 34 heavy (non-hydrogen) atoms. The van der Waals surface area contributed by atoms with Gasteiger partial charge in [-0.05, 0) is 50.2 Å². The minimum absolute atomic E-state index is 0.0409. The van der Waals surface area contributed by atoms with Crippen LogP contribution in [0.25, 0.3) is 10.9 Å². The van der Waals surface area contributed by atoms with Gasteiger partial charge in [-0.2, -0.15) is 0 Å². The Morgan fingerprint density at radius 3 is 2.03 bits per heavy atom. The number of carboxylic acid groups (broad SMARTS) is 3. The summed E-state index contributed by atoms with van der Waals surface area (Å²) in [6.45, 7) is -0.0480. The quantitative estimate of drug-likeness (QED) is 0.228. The summed E-state index contributed by atoms with van der Waals surface area (Å²) in [5, 5.41) is 37.7. The zero-order chi connectivity index (χ0) is 25.1. The standard InChI is InChI=1S/C24H31NO9/c26-20(24(32)33)10-4-7-15(22(28)29)5-3-6-16(23(30)31)11-12-34-21(27)13-17-14-25-19-9-2-1-8-18(17)19/h1-2,8-9,14-16,20,25-26H,3-7,10-13H2,(H,28,29)(H,30,31)(H,32,33)/t15?,16?,20-/m0/s1. The van der Waals surface area contributed by atoms with Crippen molar-refractivity contribution in [2.75, 3.05) is 6.61 Å². The number of esters is 1. The Morgan fingerprint density at radius 1 is 0.824 bits per heavy atom. The van der Waals surface area contributed by atoms with Crippen molar-refractivity contribution >= 4 is 34.8 Å². The molecule has 0 bridgehead atoms. The number of carbonyl (C=O) groups excluding carboxylic acids is 1. The van der Waals surface area contributed by atoms with Gasteiger partial charge in [0.15, 0.2) is 6.10 Å². The van der Waals surface area contributed by atoms with E-state index < -0.39 is 41.8 Å². The predicted molar refractivity (Wildman–Crippen MR) is 121 cm³/mol. The van der Waals surface area contributed by atoms with Crippen molar-refractivity contribution in [1.82, 2.24) is 4.98 Å². The van der Waals surface area contributed by atoms with E-state index in [9.17, 15) is 34.5 Å². The number of benzene rings is 1. The predicted octanol–water partition coefficient (Wildman–Crippen LogP) is 2.83. The van der Waals surface area contributed by atoms with E-state index in [0.29, 0.717) is 6.42 Å². The van der Waals surface area contributed by atoms with Crippen molar-refractivity contribution in [1.29, 1.82) is 0 Å². The number of para-hydroxylation sites is 1. The van der Waals surface area contributed by atoms with Gasteiger partial charge in [-0.15, -0.1) is 0 Å². The lowest BCUT2D eigenvalue weighted by Gasteiger charge is -2.16. The van der Waals surface area contributed by atoms with Gasteiger partial charge in [0.05, 0.1) is 24.9 Å². The zero-order valence-electron chi connectivity index (χ0n) is 18.8. The fourth-order valence-corrected chi connectivity index (χ4v) is 3.87. The van der Waals surface area contributed by atoms with Crippen LogP contribution in [0, 0.1) is 11.8 Å². The van der Waals surface area contributed by atoms with Gasteiger partial charge in [-0.25, -0.2) is 4.79 Å². The summed E-state index contributed by atoms with van der Waals surface area (Å²) in [7, 11) is 0. The van der Waals surface area contributed by atoms with Crippen LogP contribution in [-0.4, -0.2) is 62.0 Å². The van der Waals surface area contributed by atoms with Gasteiger partial charge in [0.25, 0.3) is 0 Å². The van der Waals surface area contributed by atoms with Crippen molar-refractivity contribution in [3.63, 3.8) is 0 Å². The number of aromatic amines is 1. The molecule has 1 heterocycles. The summed E-state index contributed by atoms with van der Waals surface area (Å²) in [5.74, 6) is -5.40. The smallest absolute Gasteiger partial charge is 0.332 e. The second kappa shape index (κ2) is 13.3. The molecule has 5 N–H and O–H groups in total. The first-order chi connectivity index (χ1) is 16.2. The van der Waals surface area contributed by atoms with E-state index >= 15 is 0 Å². The first kappa shape index (κ1) is 26.8.